The van der Waals surface area contributed by atoms with Crippen LogP contribution in [-0.2, 0) is 21.0 Å². The van der Waals surface area contributed by atoms with E-state index < -0.39 is 12.0 Å². The number of hydrogen-bond donors (Lipinski definition) is 3. The summed E-state index contributed by atoms with van der Waals surface area (Å²) in [5.74, 6) is -0.578. The number of benzene rings is 1. The molecule has 0 saturated carbocycles. The van der Waals surface area contributed by atoms with E-state index in [0.29, 0.717) is 18.5 Å². The number of anilines is 1. The van der Waals surface area contributed by atoms with Crippen molar-refractivity contribution in [2.75, 3.05) is 5.32 Å². The lowest BCUT2D eigenvalue weighted by molar-refractivity contribution is -0.132. The van der Waals surface area contributed by atoms with Gasteiger partial charge in [0.05, 0.1) is 12.6 Å². The number of nitrogens with one attached hydrogen (secondary N) is 2. The molecule has 186 valence electrons. The molecule has 33 heavy (non-hydrogen) atoms. The minimum Gasteiger partial charge on any atom is -0.392 e. The first-order chi connectivity index (χ1) is 15.6. The zero-order valence-electron chi connectivity index (χ0n) is 21.3. The van der Waals surface area contributed by atoms with Gasteiger partial charge in [-0.05, 0) is 42.4 Å². The monoisotopic (exact) mass is 460 g/mol. The number of unbranched alkanes of at least 4 members (excludes halogenated alkanes) is 2. The number of Topliss-reactive ketones (excluding diaryl/α,β-unsaturated/α-hetero) is 1. The van der Waals surface area contributed by atoms with E-state index in [9.17, 15) is 19.5 Å². The molecule has 1 aromatic carbocycles. The van der Waals surface area contributed by atoms with Crippen LogP contribution in [0.15, 0.2) is 24.3 Å². The fourth-order valence-corrected chi connectivity index (χ4v) is 3.64. The maximum absolute atomic E-state index is 13.3. The average Bonchev–Trinajstić information content (AvgIpc) is 2.77. The second-order valence-electron chi connectivity index (χ2n) is 9.93. The summed E-state index contributed by atoms with van der Waals surface area (Å²) in [5, 5.41) is 15.1. The largest absolute Gasteiger partial charge is 0.392 e. The SMILES string of the molecule is CCCCC[C@H](CC(=O)[C@H](CC(C)C)NC(=O)[C@@H](C)C(C)C)C(=O)Nc1ccc(CO)cc1. The molecule has 0 spiro atoms. The van der Waals surface area contributed by atoms with Crippen LogP contribution in [0.5, 0.6) is 0 Å². The van der Waals surface area contributed by atoms with Crippen LogP contribution in [0.2, 0.25) is 0 Å². The third kappa shape index (κ3) is 10.5. The maximum atomic E-state index is 13.3. The van der Waals surface area contributed by atoms with E-state index in [1.165, 1.54) is 0 Å². The molecule has 2 amide bonds. The lowest BCUT2D eigenvalue weighted by Gasteiger charge is -2.25. The summed E-state index contributed by atoms with van der Waals surface area (Å²) in [6, 6.07) is 6.45. The van der Waals surface area contributed by atoms with Crippen molar-refractivity contribution >= 4 is 23.3 Å². The average molecular weight is 461 g/mol. The van der Waals surface area contributed by atoms with Gasteiger partial charge in [-0.15, -0.1) is 0 Å². The Morgan fingerprint density at radius 1 is 0.939 bits per heavy atom. The minimum atomic E-state index is -0.580. The van der Waals surface area contributed by atoms with Gasteiger partial charge in [0.1, 0.15) is 0 Å². The van der Waals surface area contributed by atoms with Crippen LogP contribution < -0.4 is 10.6 Å². The van der Waals surface area contributed by atoms with Gasteiger partial charge in [0, 0.05) is 23.9 Å². The molecule has 0 aliphatic carbocycles. The predicted octanol–water partition coefficient (Wildman–Crippen LogP) is 5.10. The van der Waals surface area contributed by atoms with Crippen molar-refractivity contribution in [2.45, 2.75) is 92.7 Å². The number of carbonyl (C=O) groups is 3. The second kappa shape index (κ2) is 14.8. The second-order valence-corrected chi connectivity index (χ2v) is 9.93. The van der Waals surface area contributed by atoms with E-state index in [1.54, 1.807) is 24.3 Å². The Hall–Kier alpha value is -2.21. The van der Waals surface area contributed by atoms with Gasteiger partial charge >= 0.3 is 0 Å². The van der Waals surface area contributed by atoms with E-state index in [-0.39, 0.29) is 48.4 Å². The van der Waals surface area contributed by atoms with Crippen LogP contribution in [0.4, 0.5) is 5.69 Å². The van der Waals surface area contributed by atoms with Gasteiger partial charge < -0.3 is 15.7 Å². The zero-order valence-corrected chi connectivity index (χ0v) is 21.3. The molecule has 0 bridgehead atoms. The van der Waals surface area contributed by atoms with Crippen molar-refractivity contribution in [1.82, 2.24) is 5.32 Å². The number of carbonyl (C=O) groups excluding carboxylic acids is 3. The van der Waals surface area contributed by atoms with Gasteiger partial charge in [-0.25, -0.2) is 0 Å². The van der Waals surface area contributed by atoms with Crippen LogP contribution >= 0.6 is 0 Å². The maximum Gasteiger partial charge on any atom is 0.227 e. The third-order valence-electron chi connectivity index (χ3n) is 6.20. The van der Waals surface area contributed by atoms with Crippen molar-refractivity contribution in [3.8, 4) is 0 Å². The Morgan fingerprint density at radius 3 is 2.09 bits per heavy atom. The van der Waals surface area contributed by atoms with Gasteiger partial charge in [0.15, 0.2) is 5.78 Å². The highest BCUT2D eigenvalue weighted by atomic mass is 16.3. The highest BCUT2D eigenvalue weighted by Gasteiger charge is 2.29. The molecule has 3 atom stereocenters. The van der Waals surface area contributed by atoms with E-state index in [1.807, 2.05) is 34.6 Å². The molecule has 0 aliphatic rings. The number of aliphatic hydroxyl groups excluding tert-OH is 1. The third-order valence-corrected chi connectivity index (χ3v) is 6.20. The van der Waals surface area contributed by atoms with E-state index in [0.717, 1.165) is 24.8 Å². The van der Waals surface area contributed by atoms with Crippen molar-refractivity contribution < 1.29 is 19.5 Å². The fraction of sp³-hybridized carbons (Fsp3) is 0.667. The van der Waals surface area contributed by atoms with Crippen LogP contribution in [0.25, 0.3) is 0 Å². The molecule has 0 heterocycles. The number of hydrogen-bond acceptors (Lipinski definition) is 4. The van der Waals surface area contributed by atoms with E-state index in [4.69, 9.17) is 0 Å². The topological polar surface area (TPSA) is 95.5 Å². The van der Waals surface area contributed by atoms with Crippen molar-refractivity contribution in [2.24, 2.45) is 23.7 Å². The smallest absolute Gasteiger partial charge is 0.227 e. The van der Waals surface area contributed by atoms with Gasteiger partial charge in [0.25, 0.3) is 0 Å². The van der Waals surface area contributed by atoms with E-state index >= 15 is 0 Å². The number of rotatable bonds is 15. The molecule has 0 aromatic heterocycles. The first-order valence-electron chi connectivity index (χ1n) is 12.4. The van der Waals surface area contributed by atoms with E-state index in [2.05, 4.69) is 17.6 Å². The minimum absolute atomic E-state index is 0.0548. The Kier molecular flexibility index (Phi) is 13.0. The molecule has 0 fully saturated rings. The summed E-state index contributed by atoms with van der Waals surface area (Å²) >= 11 is 0. The summed E-state index contributed by atoms with van der Waals surface area (Å²) in [4.78, 5) is 39.0. The number of amides is 2. The first-order valence-corrected chi connectivity index (χ1v) is 12.4. The highest BCUT2D eigenvalue weighted by molar-refractivity contribution is 5.97. The summed E-state index contributed by atoms with van der Waals surface area (Å²) < 4.78 is 0. The number of ketones is 1. The molecule has 0 saturated heterocycles. The van der Waals surface area contributed by atoms with Crippen LogP contribution in [0.1, 0.15) is 85.6 Å². The van der Waals surface area contributed by atoms with Crippen molar-refractivity contribution in [1.29, 1.82) is 0 Å². The van der Waals surface area contributed by atoms with Crippen LogP contribution in [0.3, 0.4) is 0 Å². The molecule has 3 N–H and O–H groups in total. The molecule has 0 aliphatic heterocycles. The Bertz CT molecular complexity index is 743. The quantitative estimate of drug-likeness (QED) is 0.317. The summed E-state index contributed by atoms with van der Waals surface area (Å²) in [6.45, 7) is 12.0. The van der Waals surface area contributed by atoms with Gasteiger partial charge in [-0.2, -0.15) is 0 Å². The van der Waals surface area contributed by atoms with Crippen molar-refractivity contribution in [3.63, 3.8) is 0 Å². The molecular weight excluding hydrogens is 416 g/mol. The molecule has 0 radical (unpaired) electrons. The predicted molar refractivity (Wildman–Crippen MR) is 134 cm³/mol. The molecule has 1 rings (SSSR count). The van der Waals surface area contributed by atoms with Crippen molar-refractivity contribution in [3.05, 3.63) is 29.8 Å². The standard InChI is InChI=1S/C27H44N2O4/c1-7-8-9-10-22(27(33)28-23-13-11-21(17-30)12-14-23)16-25(31)24(15-18(2)3)29-26(32)20(6)19(4)5/h11-14,18-20,22,24,30H,7-10,15-17H2,1-6H3,(H,28,33)(H,29,32)/t20-,22+,24-/m0/s1. The Morgan fingerprint density at radius 2 is 1.58 bits per heavy atom. The Balaban J connectivity index is 2.94. The lowest BCUT2D eigenvalue weighted by atomic mass is 9.89. The first kappa shape index (κ1) is 28.8. The molecular formula is C27H44N2O4. The highest BCUT2D eigenvalue weighted by Crippen LogP contribution is 2.21. The zero-order chi connectivity index (χ0) is 25.0. The summed E-state index contributed by atoms with van der Waals surface area (Å²) in [6.07, 6.45) is 4.20. The molecule has 6 heteroatoms. The fourth-order valence-electron chi connectivity index (χ4n) is 3.64. The Labute approximate surface area is 199 Å². The van der Waals surface area contributed by atoms with Crippen LogP contribution in [0, 0.1) is 23.7 Å². The van der Waals surface area contributed by atoms with Gasteiger partial charge in [-0.1, -0.05) is 72.9 Å². The lowest BCUT2D eigenvalue weighted by Crippen LogP contribution is -2.45. The summed E-state index contributed by atoms with van der Waals surface area (Å²) in [5.41, 5.74) is 1.41. The van der Waals surface area contributed by atoms with Crippen LogP contribution in [-0.4, -0.2) is 28.7 Å². The molecule has 6 nitrogen and oxygen atoms in total. The van der Waals surface area contributed by atoms with Gasteiger partial charge in [0.2, 0.25) is 11.8 Å². The number of aliphatic hydroxyl groups is 1. The molecule has 1 aromatic rings. The normalized spacial score (nSPS) is 14.1. The molecule has 0 unspecified atom stereocenters. The van der Waals surface area contributed by atoms with Gasteiger partial charge in [-0.3, -0.25) is 14.4 Å². The summed E-state index contributed by atoms with van der Waals surface area (Å²) in [7, 11) is 0.